The molecule has 4 rings (SSSR count). The fourth-order valence-electron chi connectivity index (χ4n) is 4.27. The molecular weight excluding hydrogens is 382 g/mol. The van der Waals surface area contributed by atoms with Gasteiger partial charge in [0.25, 0.3) is 0 Å². The quantitative estimate of drug-likeness (QED) is 0.315. The highest BCUT2D eigenvalue weighted by molar-refractivity contribution is 5.73. The van der Waals surface area contributed by atoms with E-state index in [1.807, 2.05) is 24.5 Å². The van der Waals surface area contributed by atoms with Gasteiger partial charge in [-0.1, -0.05) is 91.0 Å². The molecule has 0 aliphatic carbocycles. The molecule has 0 aliphatic rings. The molecule has 4 nitrogen and oxygen atoms in total. The van der Waals surface area contributed by atoms with Crippen LogP contribution in [0.1, 0.15) is 41.6 Å². The smallest absolute Gasteiger partial charge is 0.217 e. The van der Waals surface area contributed by atoms with Crippen LogP contribution in [0.25, 0.3) is 0 Å². The average Bonchev–Trinajstić information content (AvgIpc) is 3.28. The van der Waals surface area contributed by atoms with Gasteiger partial charge in [-0.25, -0.2) is 4.98 Å². The molecule has 2 N–H and O–H groups in total. The molecule has 1 heterocycles. The van der Waals surface area contributed by atoms with E-state index < -0.39 is 5.54 Å². The Hall–Kier alpha value is -3.66. The highest BCUT2D eigenvalue weighted by Gasteiger charge is 2.38. The molecule has 0 unspecified atom stereocenters. The lowest BCUT2D eigenvalue weighted by Crippen LogP contribution is -2.36. The van der Waals surface area contributed by atoms with E-state index in [-0.39, 0.29) is 5.91 Å². The first-order valence-corrected chi connectivity index (χ1v) is 10.7. The largest absolute Gasteiger partial charge is 0.370 e. The summed E-state index contributed by atoms with van der Waals surface area (Å²) < 4.78 is 2.22. The Morgan fingerprint density at radius 3 is 1.71 bits per heavy atom. The van der Waals surface area contributed by atoms with E-state index in [0.717, 1.165) is 25.0 Å². The van der Waals surface area contributed by atoms with E-state index in [0.29, 0.717) is 6.42 Å². The molecule has 1 aromatic heterocycles. The highest BCUT2D eigenvalue weighted by atomic mass is 16.1. The number of carbonyl (C=O) groups excluding carboxylic acids is 1. The lowest BCUT2D eigenvalue weighted by atomic mass is 9.77. The number of hydrogen-bond donors (Lipinski definition) is 1. The van der Waals surface area contributed by atoms with E-state index in [1.165, 1.54) is 16.7 Å². The van der Waals surface area contributed by atoms with Crippen molar-refractivity contribution in [2.45, 2.75) is 31.2 Å². The third kappa shape index (κ3) is 4.29. The van der Waals surface area contributed by atoms with E-state index in [2.05, 4.69) is 83.6 Å². The second-order valence-electron chi connectivity index (χ2n) is 7.75. The van der Waals surface area contributed by atoms with Gasteiger partial charge in [0.1, 0.15) is 5.54 Å². The number of primary amides is 1. The molecule has 4 aromatic rings. The number of aromatic nitrogens is 2. The van der Waals surface area contributed by atoms with Crippen LogP contribution in [0.15, 0.2) is 104 Å². The molecule has 4 heteroatoms. The second-order valence-corrected chi connectivity index (χ2v) is 7.75. The fraction of sp³-hybridized carbons (Fsp3) is 0.185. The van der Waals surface area contributed by atoms with Crippen molar-refractivity contribution in [1.82, 2.24) is 9.55 Å². The normalized spacial score (nSPS) is 11.4. The molecule has 31 heavy (non-hydrogen) atoms. The molecule has 1 amide bonds. The number of rotatable bonds is 9. The van der Waals surface area contributed by atoms with Crippen LogP contribution in [0.4, 0.5) is 0 Å². The van der Waals surface area contributed by atoms with Crippen LogP contribution in [-0.2, 0) is 16.8 Å². The maximum atomic E-state index is 11.0. The van der Waals surface area contributed by atoms with Crippen molar-refractivity contribution >= 4 is 5.91 Å². The van der Waals surface area contributed by atoms with Crippen molar-refractivity contribution in [2.24, 2.45) is 5.73 Å². The number of unbranched alkanes of at least 4 members (excludes halogenated alkanes) is 1. The maximum absolute atomic E-state index is 11.0. The SMILES string of the molecule is NC(=O)CCCCc1cn(C(c2ccccc2)(c2ccccc2)c2ccccc2)cn1. The molecule has 0 saturated carbocycles. The van der Waals surface area contributed by atoms with Gasteiger partial charge in [-0.2, -0.15) is 0 Å². The van der Waals surface area contributed by atoms with Gasteiger partial charge in [-0.05, 0) is 36.0 Å². The zero-order valence-corrected chi connectivity index (χ0v) is 17.5. The van der Waals surface area contributed by atoms with Crippen LogP contribution in [0, 0.1) is 0 Å². The van der Waals surface area contributed by atoms with Crippen molar-refractivity contribution in [3.05, 3.63) is 126 Å². The van der Waals surface area contributed by atoms with Crippen molar-refractivity contribution in [3.8, 4) is 0 Å². The third-order valence-corrected chi connectivity index (χ3v) is 5.70. The van der Waals surface area contributed by atoms with Crippen molar-refractivity contribution < 1.29 is 4.79 Å². The number of carbonyl (C=O) groups is 1. The first kappa shape index (κ1) is 20.6. The minimum atomic E-state index is -0.539. The van der Waals surface area contributed by atoms with E-state index in [1.54, 1.807) is 0 Å². The van der Waals surface area contributed by atoms with Crippen molar-refractivity contribution in [1.29, 1.82) is 0 Å². The van der Waals surface area contributed by atoms with Gasteiger partial charge in [0.05, 0.1) is 12.0 Å². The number of amides is 1. The van der Waals surface area contributed by atoms with Crippen LogP contribution in [-0.4, -0.2) is 15.5 Å². The summed E-state index contributed by atoms with van der Waals surface area (Å²) in [6.07, 6.45) is 6.96. The van der Waals surface area contributed by atoms with E-state index in [9.17, 15) is 4.79 Å². The molecule has 0 aliphatic heterocycles. The van der Waals surface area contributed by atoms with Crippen LogP contribution in [0.3, 0.4) is 0 Å². The number of aryl methyl sites for hydroxylation is 1. The monoisotopic (exact) mass is 409 g/mol. The predicted octanol–water partition coefficient (Wildman–Crippen LogP) is 4.92. The molecule has 0 radical (unpaired) electrons. The second kappa shape index (κ2) is 9.43. The minimum Gasteiger partial charge on any atom is -0.370 e. The van der Waals surface area contributed by atoms with Crippen LogP contribution in [0.2, 0.25) is 0 Å². The molecule has 0 atom stereocenters. The summed E-state index contributed by atoms with van der Waals surface area (Å²) >= 11 is 0. The summed E-state index contributed by atoms with van der Waals surface area (Å²) in [5.74, 6) is -0.248. The molecule has 0 bridgehead atoms. The lowest BCUT2D eigenvalue weighted by Gasteiger charge is -2.37. The van der Waals surface area contributed by atoms with Gasteiger partial charge < -0.3 is 10.3 Å². The molecule has 0 spiro atoms. The molecule has 156 valence electrons. The number of imidazole rings is 1. The van der Waals surface area contributed by atoms with Gasteiger partial charge in [0.15, 0.2) is 0 Å². The van der Waals surface area contributed by atoms with Crippen LogP contribution in [0.5, 0.6) is 0 Å². The zero-order valence-electron chi connectivity index (χ0n) is 17.5. The number of hydrogen-bond acceptors (Lipinski definition) is 2. The van der Waals surface area contributed by atoms with Gasteiger partial charge in [0, 0.05) is 12.6 Å². The Balaban J connectivity index is 1.83. The Bertz CT molecular complexity index is 1010. The van der Waals surface area contributed by atoms with Gasteiger partial charge in [0.2, 0.25) is 5.91 Å². The van der Waals surface area contributed by atoms with Gasteiger partial charge in [-0.15, -0.1) is 0 Å². The first-order chi connectivity index (χ1) is 15.2. The Kier molecular flexibility index (Phi) is 6.27. The zero-order chi connectivity index (χ0) is 21.5. The standard InChI is InChI=1S/C27H27N3O/c28-26(31)19-11-10-18-25-20-30(21-29-25)27(22-12-4-1-5-13-22,23-14-6-2-7-15-23)24-16-8-3-9-17-24/h1-9,12-17,20-21H,10-11,18-19H2,(H2,28,31). The summed E-state index contributed by atoms with van der Waals surface area (Å²) in [6, 6.07) is 31.7. The lowest BCUT2D eigenvalue weighted by molar-refractivity contribution is -0.118. The minimum absolute atomic E-state index is 0.248. The average molecular weight is 410 g/mol. The van der Waals surface area contributed by atoms with Crippen molar-refractivity contribution in [3.63, 3.8) is 0 Å². The van der Waals surface area contributed by atoms with E-state index in [4.69, 9.17) is 10.7 Å². The van der Waals surface area contributed by atoms with Gasteiger partial charge >= 0.3 is 0 Å². The maximum Gasteiger partial charge on any atom is 0.217 e. The summed E-state index contributed by atoms with van der Waals surface area (Å²) in [5, 5.41) is 0. The summed E-state index contributed by atoms with van der Waals surface area (Å²) in [4.78, 5) is 15.7. The Morgan fingerprint density at radius 2 is 1.26 bits per heavy atom. The topological polar surface area (TPSA) is 60.9 Å². The fourth-order valence-corrected chi connectivity index (χ4v) is 4.27. The summed E-state index contributed by atoms with van der Waals surface area (Å²) in [6.45, 7) is 0. The summed E-state index contributed by atoms with van der Waals surface area (Å²) in [5.41, 5.74) is 9.25. The van der Waals surface area contributed by atoms with Crippen molar-refractivity contribution in [2.75, 3.05) is 0 Å². The molecule has 3 aromatic carbocycles. The Labute approximate surface area is 183 Å². The number of benzene rings is 3. The van der Waals surface area contributed by atoms with Gasteiger partial charge in [-0.3, -0.25) is 4.79 Å². The number of nitrogens with zero attached hydrogens (tertiary/aromatic N) is 2. The third-order valence-electron chi connectivity index (χ3n) is 5.70. The molecule has 0 fully saturated rings. The highest BCUT2D eigenvalue weighted by Crippen LogP contribution is 2.40. The molecule has 0 saturated heterocycles. The van der Waals surface area contributed by atoms with Crippen LogP contribution >= 0.6 is 0 Å². The van der Waals surface area contributed by atoms with Crippen LogP contribution < -0.4 is 5.73 Å². The first-order valence-electron chi connectivity index (χ1n) is 10.7. The van der Waals surface area contributed by atoms with E-state index >= 15 is 0 Å². The summed E-state index contributed by atoms with van der Waals surface area (Å²) in [7, 11) is 0. The predicted molar refractivity (Wildman–Crippen MR) is 124 cm³/mol. The molecular formula is C27H27N3O. The Morgan fingerprint density at radius 1 is 0.774 bits per heavy atom. The number of nitrogens with two attached hydrogens (primary N) is 1.